The van der Waals surface area contributed by atoms with E-state index in [1.165, 1.54) is 0 Å². The van der Waals surface area contributed by atoms with Crippen molar-refractivity contribution < 1.29 is 9.53 Å². The van der Waals surface area contributed by atoms with Crippen molar-refractivity contribution in [3.8, 4) is 0 Å². The van der Waals surface area contributed by atoms with Crippen LogP contribution in [0.25, 0.3) is 0 Å². The molecule has 0 spiro atoms. The molecule has 1 rings (SSSR count). The molecule has 0 bridgehead atoms. The second-order valence-corrected chi connectivity index (χ2v) is 4.18. The number of hydrogen-bond acceptors (Lipinski definition) is 3. The lowest BCUT2D eigenvalue weighted by atomic mass is 10.2. The fourth-order valence-corrected chi connectivity index (χ4v) is 1.82. The highest BCUT2D eigenvalue weighted by atomic mass is 16.5. The van der Waals surface area contributed by atoms with Crippen molar-refractivity contribution in [2.45, 2.75) is 25.8 Å². The van der Waals surface area contributed by atoms with Crippen LogP contribution in [0.4, 0.5) is 5.69 Å². The monoisotopic (exact) mass is 239 g/mol. The Morgan fingerprint density at radius 1 is 1.65 bits per heavy atom. The summed E-state index contributed by atoms with van der Waals surface area (Å²) in [7, 11) is 3.44. The van der Waals surface area contributed by atoms with Crippen molar-refractivity contribution in [1.82, 2.24) is 9.88 Å². The lowest BCUT2D eigenvalue weighted by Crippen LogP contribution is -2.38. The highest BCUT2D eigenvalue weighted by molar-refractivity contribution is 5.93. The Labute approximate surface area is 102 Å². The van der Waals surface area contributed by atoms with Gasteiger partial charge in [0.1, 0.15) is 5.69 Å². The Morgan fingerprint density at radius 2 is 2.35 bits per heavy atom. The summed E-state index contributed by atoms with van der Waals surface area (Å²) >= 11 is 0. The summed E-state index contributed by atoms with van der Waals surface area (Å²) in [6.07, 6.45) is 3.63. The highest BCUT2D eigenvalue weighted by Gasteiger charge is 2.15. The fourth-order valence-electron chi connectivity index (χ4n) is 1.82. The van der Waals surface area contributed by atoms with Gasteiger partial charge in [-0.15, -0.1) is 0 Å². The van der Waals surface area contributed by atoms with Gasteiger partial charge in [-0.05, 0) is 12.5 Å². The summed E-state index contributed by atoms with van der Waals surface area (Å²) in [5, 5.41) is 2.95. The zero-order valence-corrected chi connectivity index (χ0v) is 10.7. The summed E-state index contributed by atoms with van der Waals surface area (Å²) < 4.78 is 6.81. The molecule has 1 unspecified atom stereocenters. The molecule has 3 N–H and O–H groups in total. The third-order valence-electron chi connectivity index (χ3n) is 2.60. The topological polar surface area (TPSA) is 69.3 Å². The Bertz CT molecular complexity index is 368. The second kappa shape index (κ2) is 6.30. The van der Waals surface area contributed by atoms with E-state index in [2.05, 4.69) is 12.2 Å². The molecule has 1 amide bonds. The first-order valence-electron chi connectivity index (χ1n) is 5.80. The first-order chi connectivity index (χ1) is 8.08. The van der Waals surface area contributed by atoms with Gasteiger partial charge in [-0.25, -0.2) is 0 Å². The van der Waals surface area contributed by atoms with Crippen molar-refractivity contribution in [3.05, 3.63) is 18.0 Å². The predicted octanol–water partition coefficient (Wildman–Crippen LogP) is 1.15. The predicted molar refractivity (Wildman–Crippen MR) is 67.9 cm³/mol. The van der Waals surface area contributed by atoms with Crippen molar-refractivity contribution in [1.29, 1.82) is 0 Å². The highest BCUT2D eigenvalue weighted by Crippen LogP contribution is 2.09. The molecule has 0 fully saturated rings. The molecule has 0 saturated carbocycles. The van der Waals surface area contributed by atoms with Crippen LogP contribution < -0.4 is 11.1 Å². The quantitative estimate of drug-likeness (QED) is 0.782. The molecule has 1 heterocycles. The fraction of sp³-hybridized carbons (Fsp3) is 0.583. The van der Waals surface area contributed by atoms with E-state index in [1.54, 1.807) is 31.0 Å². The van der Waals surface area contributed by atoms with E-state index in [4.69, 9.17) is 10.5 Å². The minimum atomic E-state index is -0.111. The van der Waals surface area contributed by atoms with E-state index >= 15 is 0 Å². The van der Waals surface area contributed by atoms with E-state index in [-0.39, 0.29) is 11.9 Å². The van der Waals surface area contributed by atoms with Gasteiger partial charge < -0.3 is 20.4 Å². The molecular weight excluding hydrogens is 218 g/mol. The molecule has 0 saturated heterocycles. The van der Waals surface area contributed by atoms with E-state index in [9.17, 15) is 4.79 Å². The van der Waals surface area contributed by atoms with Gasteiger partial charge in [0.25, 0.3) is 5.91 Å². The Hall–Kier alpha value is -1.49. The standard InChI is InChI=1S/C12H21N3O2/c1-4-5-10(8-17-3)14-12(16)11-6-9(13)7-15(11)2/h6-7,10H,4-5,8,13H2,1-3H3,(H,14,16). The van der Waals surface area contributed by atoms with E-state index in [0.29, 0.717) is 18.0 Å². The van der Waals surface area contributed by atoms with Gasteiger partial charge >= 0.3 is 0 Å². The Morgan fingerprint density at radius 3 is 2.82 bits per heavy atom. The molecule has 1 aromatic heterocycles. The van der Waals surface area contributed by atoms with E-state index in [1.807, 2.05) is 0 Å². The number of nitrogens with one attached hydrogen (secondary N) is 1. The van der Waals surface area contributed by atoms with E-state index in [0.717, 1.165) is 12.8 Å². The van der Waals surface area contributed by atoms with Crippen LogP contribution in [0.2, 0.25) is 0 Å². The number of hydrogen-bond donors (Lipinski definition) is 2. The summed E-state index contributed by atoms with van der Waals surface area (Å²) in [4.78, 5) is 12.0. The van der Waals surface area contributed by atoms with Crippen LogP contribution in [-0.2, 0) is 11.8 Å². The molecule has 0 aliphatic carbocycles. The number of aromatic nitrogens is 1. The van der Waals surface area contributed by atoms with Gasteiger partial charge in [0.05, 0.1) is 18.3 Å². The van der Waals surface area contributed by atoms with Gasteiger partial charge in [-0.2, -0.15) is 0 Å². The molecule has 5 heteroatoms. The van der Waals surface area contributed by atoms with E-state index < -0.39 is 0 Å². The number of rotatable bonds is 6. The molecule has 0 aliphatic heterocycles. The summed E-state index contributed by atoms with van der Waals surface area (Å²) in [6, 6.07) is 1.72. The summed E-state index contributed by atoms with van der Waals surface area (Å²) in [6.45, 7) is 2.61. The van der Waals surface area contributed by atoms with Crippen LogP contribution in [0.1, 0.15) is 30.3 Å². The third kappa shape index (κ3) is 3.78. The number of aryl methyl sites for hydroxylation is 1. The van der Waals surface area contributed by atoms with Crippen LogP contribution >= 0.6 is 0 Å². The number of nitrogens with zero attached hydrogens (tertiary/aromatic N) is 1. The summed E-state index contributed by atoms with van der Waals surface area (Å²) in [5.41, 5.74) is 6.80. The number of nitrogen functional groups attached to an aromatic ring is 1. The van der Waals surface area contributed by atoms with Crippen molar-refractivity contribution >= 4 is 11.6 Å². The zero-order chi connectivity index (χ0) is 12.8. The van der Waals surface area contributed by atoms with Crippen molar-refractivity contribution in [3.63, 3.8) is 0 Å². The maximum Gasteiger partial charge on any atom is 0.268 e. The van der Waals surface area contributed by atoms with Crippen LogP contribution in [0.15, 0.2) is 12.3 Å². The van der Waals surface area contributed by atoms with Crippen LogP contribution in [0, 0.1) is 0 Å². The Kier molecular flexibility index (Phi) is 5.03. The van der Waals surface area contributed by atoms with Gasteiger partial charge in [0.2, 0.25) is 0 Å². The molecular formula is C12H21N3O2. The first kappa shape index (κ1) is 13.6. The number of nitrogens with two attached hydrogens (primary N) is 1. The van der Waals surface area contributed by atoms with Gasteiger partial charge in [0, 0.05) is 20.4 Å². The van der Waals surface area contributed by atoms with Gasteiger partial charge in [0.15, 0.2) is 0 Å². The van der Waals surface area contributed by atoms with Gasteiger partial charge in [-0.1, -0.05) is 13.3 Å². The lowest BCUT2D eigenvalue weighted by Gasteiger charge is -2.17. The zero-order valence-electron chi connectivity index (χ0n) is 10.7. The minimum absolute atomic E-state index is 0.0497. The molecule has 1 aromatic rings. The number of ether oxygens (including phenoxy) is 1. The van der Waals surface area contributed by atoms with Crippen LogP contribution in [0.5, 0.6) is 0 Å². The van der Waals surface area contributed by atoms with Crippen molar-refractivity contribution in [2.24, 2.45) is 7.05 Å². The maximum atomic E-state index is 12.0. The molecule has 96 valence electrons. The normalized spacial score (nSPS) is 12.4. The first-order valence-corrected chi connectivity index (χ1v) is 5.80. The van der Waals surface area contributed by atoms with Crippen LogP contribution in [-0.4, -0.2) is 30.2 Å². The minimum Gasteiger partial charge on any atom is -0.397 e. The third-order valence-corrected chi connectivity index (χ3v) is 2.60. The molecule has 1 atom stereocenters. The molecule has 17 heavy (non-hydrogen) atoms. The average molecular weight is 239 g/mol. The van der Waals surface area contributed by atoms with Crippen molar-refractivity contribution in [2.75, 3.05) is 19.5 Å². The lowest BCUT2D eigenvalue weighted by molar-refractivity contribution is 0.0883. The van der Waals surface area contributed by atoms with Gasteiger partial charge in [-0.3, -0.25) is 4.79 Å². The Balaban J connectivity index is 2.66. The average Bonchev–Trinajstić information content (AvgIpc) is 2.58. The SMILES string of the molecule is CCCC(COC)NC(=O)c1cc(N)cn1C. The number of amides is 1. The maximum absolute atomic E-state index is 12.0. The molecule has 0 aromatic carbocycles. The number of methoxy groups -OCH3 is 1. The number of anilines is 1. The number of carbonyl (C=O) groups is 1. The smallest absolute Gasteiger partial charge is 0.268 e. The summed E-state index contributed by atoms with van der Waals surface area (Å²) in [5.74, 6) is -0.111. The molecule has 5 nitrogen and oxygen atoms in total. The second-order valence-electron chi connectivity index (χ2n) is 4.18. The number of carbonyl (C=O) groups excluding carboxylic acids is 1. The molecule has 0 aliphatic rings. The van der Waals surface area contributed by atoms with Crippen LogP contribution in [0.3, 0.4) is 0 Å². The largest absolute Gasteiger partial charge is 0.397 e. The molecule has 0 radical (unpaired) electrons.